The van der Waals surface area contributed by atoms with Gasteiger partial charge in [-0.2, -0.15) is 0 Å². The van der Waals surface area contributed by atoms with Gasteiger partial charge in [-0.05, 0) is 59.9 Å². The lowest BCUT2D eigenvalue weighted by Gasteiger charge is -2.34. The van der Waals surface area contributed by atoms with Crippen LogP contribution in [0.15, 0.2) is 96.3 Å². The minimum Gasteiger partial charge on any atom is -0.489 e. The van der Waals surface area contributed by atoms with Crippen molar-refractivity contribution in [3.63, 3.8) is 0 Å². The van der Waals surface area contributed by atoms with Crippen molar-refractivity contribution in [3.8, 4) is 5.75 Å². The Bertz CT molecular complexity index is 1370. The highest BCUT2D eigenvalue weighted by atomic mass is 16.5. The van der Waals surface area contributed by atoms with Crippen LogP contribution in [0.4, 0.5) is 5.69 Å². The van der Waals surface area contributed by atoms with Crippen LogP contribution in [0.5, 0.6) is 5.75 Å². The molecule has 4 heteroatoms. The van der Waals surface area contributed by atoms with Gasteiger partial charge >= 0.3 is 0 Å². The molecule has 0 radical (unpaired) electrons. The maximum atomic E-state index is 13.1. The van der Waals surface area contributed by atoms with Gasteiger partial charge in [0.15, 0.2) is 5.78 Å². The van der Waals surface area contributed by atoms with E-state index in [1.54, 1.807) is 0 Å². The van der Waals surface area contributed by atoms with Crippen LogP contribution >= 0.6 is 0 Å². The zero-order valence-electron chi connectivity index (χ0n) is 18.3. The van der Waals surface area contributed by atoms with E-state index in [9.17, 15) is 4.79 Å². The number of Topliss-reactive ketones (excluding diaryl/α,β-unsaturated/α-hetero) is 1. The lowest BCUT2D eigenvalue weighted by molar-refractivity contribution is -0.116. The van der Waals surface area contributed by atoms with Gasteiger partial charge in [-0.25, -0.2) is 0 Å². The van der Waals surface area contributed by atoms with Crippen LogP contribution in [-0.2, 0) is 11.4 Å². The molecule has 3 aromatic carbocycles. The van der Waals surface area contributed by atoms with E-state index in [2.05, 4.69) is 52.8 Å². The minimum absolute atomic E-state index is 0.111. The molecule has 33 heavy (non-hydrogen) atoms. The standard InChI is InChI=1S/C29H24N2O2/c32-26-10-4-9-24-29(26)27(28-22-8-5-17-30-23(22)15-16-25(28)31-24)20-11-13-21(14-12-20)33-18-19-6-2-1-3-7-19/h1-3,5-8,11-17,27,31H,4,9-10,18H2. The summed E-state index contributed by atoms with van der Waals surface area (Å²) in [7, 11) is 0. The first-order valence-electron chi connectivity index (χ1n) is 11.5. The smallest absolute Gasteiger partial charge is 0.161 e. The highest BCUT2D eigenvalue weighted by Gasteiger charge is 2.36. The number of ketones is 1. The van der Waals surface area contributed by atoms with Crippen molar-refractivity contribution in [1.82, 2.24) is 4.98 Å². The van der Waals surface area contributed by atoms with Crippen molar-refractivity contribution in [2.45, 2.75) is 31.8 Å². The molecule has 0 saturated carbocycles. The van der Waals surface area contributed by atoms with E-state index < -0.39 is 0 Å². The van der Waals surface area contributed by atoms with Crippen LogP contribution < -0.4 is 10.1 Å². The maximum Gasteiger partial charge on any atom is 0.161 e. The number of fused-ring (bicyclic) bond motifs is 3. The summed E-state index contributed by atoms with van der Waals surface area (Å²) in [6, 6.07) is 26.6. The summed E-state index contributed by atoms with van der Waals surface area (Å²) < 4.78 is 6.00. The number of benzene rings is 3. The second kappa shape index (κ2) is 8.21. The predicted molar refractivity (Wildman–Crippen MR) is 130 cm³/mol. The third-order valence-corrected chi connectivity index (χ3v) is 6.61. The Kier molecular flexibility index (Phi) is 4.91. The monoisotopic (exact) mass is 432 g/mol. The lowest BCUT2D eigenvalue weighted by atomic mass is 9.74. The number of nitrogens with one attached hydrogen (secondary N) is 1. The number of allylic oxidation sites excluding steroid dienone is 2. The van der Waals surface area contributed by atoms with Crippen molar-refractivity contribution in [1.29, 1.82) is 0 Å². The average molecular weight is 433 g/mol. The van der Waals surface area contributed by atoms with E-state index in [0.29, 0.717) is 13.0 Å². The second-order valence-electron chi connectivity index (χ2n) is 8.67. The molecule has 6 rings (SSSR count). The number of pyridine rings is 1. The number of nitrogens with zero attached hydrogens (tertiary/aromatic N) is 1. The number of hydrogen-bond acceptors (Lipinski definition) is 4. The molecular formula is C29H24N2O2. The van der Waals surface area contributed by atoms with Crippen LogP contribution in [0.25, 0.3) is 10.9 Å². The number of carbonyl (C=O) groups excluding carboxylic acids is 1. The molecule has 162 valence electrons. The molecule has 1 N–H and O–H groups in total. The molecule has 1 aromatic heterocycles. The van der Waals surface area contributed by atoms with Gasteiger partial charge in [-0.15, -0.1) is 0 Å². The molecule has 0 saturated heterocycles. The fourth-order valence-corrected chi connectivity index (χ4v) is 5.06. The number of rotatable bonds is 4. The van der Waals surface area contributed by atoms with Crippen LogP contribution in [0, 0.1) is 0 Å². The summed E-state index contributed by atoms with van der Waals surface area (Å²) in [4.78, 5) is 17.7. The molecule has 2 aliphatic rings. The van der Waals surface area contributed by atoms with Crippen molar-refractivity contribution in [2.24, 2.45) is 0 Å². The number of ether oxygens (including phenoxy) is 1. The molecule has 1 aliphatic carbocycles. The van der Waals surface area contributed by atoms with E-state index in [1.807, 2.05) is 42.6 Å². The first-order chi connectivity index (χ1) is 16.3. The summed E-state index contributed by atoms with van der Waals surface area (Å²) in [5.41, 5.74) is 7.35. The molecule has 2 heterocycles. The summed E-state index contributed by atoms with van der Waals surface area (Å²) in [6.07, 6.45) is 4.22. The Labute approximate surface area is 192 Å². The topological polar surface area (TPSA) is 51.2 Å². The van der Waals surface area contributed by atoms with E-state index in [1.165, 1.54) is 0 Å². The summed E-state index contributed by atoms with van der Waals surface area (Å²) >= 11 is 0. The lowest BCUT2D eigenvalue weighted by Crippen LogP contribution is -2.27. The van der Waals surface area contributed by atoms with Gasteiger partial charge in [0.25, 0.3) is 0 Å². The third-order valence-electron chi connectivity index (χ3n) is 6.61. The van der Waals surface area contributed by atoms with Gasteiger partial charge in [0.05, 0.1) is 5.52 Å². The van der Waals surface area contributed by atoms with Crippen molar-refractivity contribution in [2.75, 3.05) is 5.32 Å². The van der Waals surface area contributed by atoms with Crippen LogP contribution in [-0.4, -0.2) is 10.8 Å². The number of aromatic nitrogens is 1. The van der Waals surface area contributed by atoms with Crippen molar-refractivity contribution < 1.29 is 9.53 Å². The second-order valence-corrected chi connectivity index (χ2v) is 8.67. The number of anilines is 1. The normalized spacial score (nSPS) is 17.3. The Balaban J connectivity index is 1.41. The zero-order chi connectivity index (χ0) is 22.2. The van der Waals surface area contributed by atoms with E-state index >= 15 is 0 Å². The van der Waals surface area contributed by atoms with Gasteiger partial charge < -0.3 is 10.1 Å². The maximum absolute atomic E-state index is 13.1. The molecule has 1 aliphatic heterocycles. The first kappa shape index (κ1) is 19.7. The largest absolute Gasteiger partial charge is 0.489 e. The van der Waals surface area contributed by atoms with Crippen molar-refractivity contribution in [3.05, 3.63) is 113 Å². The Morgan fingerprint density at radius 3 is 2.61 bits per heavy atom. The molecule has 0 amide bonds. The van der Waals surface area contributed by atoms with E-state index in [4.69, 9.17) is 4.74 Å². The Morgan fingerprint density at radius 1 is 0.909 bits per heavy atom. The quantitative estimate of drug-likeness (QED) is 0.407. The molecule has 0 fully saturated rings. The molecule has 4 nitrogen and oxygen atoms in total. The highest BCUT2D eigenvalue weighted by molar-refractivity contribution is 6.03. The molecule has 1 unspecified atom stereocenters. The molecule has 0 bridgehead atoms. The van der Waals surface area contributed by atoms with Crippen LogP contribution in [0.3, 0.4) is 0 Å². The first-order valence-corrected chi connectivity index (χ1v) is 11.5. The summed E-state index contributed by atoms with van der Waals surface area (Å²) in [6.45, 7) is 0.528. The molecule has 0 spiro atoms. The Hall–Kier alpha value is -3.92. The highest BCUT2D eigenvalue weighted by Crippen LogP contribution is 2.47. The summed E-state index contributed by atoms with van der Waals surface area (Å²) in [5, 5.41) is 4.66. The van der Waals surface area contributed by atoms with Crippen LogP contribution in [0.2, 0.25) is 0 Å². The SMILES string of the molecule is O=C1CCCC2=C1C(c1ccc(OCc3ccccc3)cc1)c1c(ccc3ncccc13)N2. The van der Waals surface area contributed by atoms with Gasteiger partial charge in [0, 0.05) is 40.9 Å². The zero-order valence-corrected chi connectivity index (χ0v) is 18.3. The van der Waals surface area contributed by atoms with E-state index in [-0.39, 0.29) is 11.7 Å². The number of hydrogen-bond donors (Lipinski definition) is 1. The Morgan fingerprint density at radius 2 is 1.76 bits per heavy atom. The predicted octanol–water partition coefficient (Wildman–Crippen LogP) is 6.38. The van der Waals surface area contributed by atoms with Crippen LogP contribution in [0.1, 0.15) is 41.9 Å². The number of carbonyl (C=O) groups is 1. The molecular weight excluding hydrogens is 408 g/mol. The molecule has 4 aromatic rings. The van der Waals surface area contributed by atoms with E-state index in [0.717, 1.165) is 63.1 Å². The third kappa shape index (κ3) is 3.58. The fraction of sp³-hybridized carbons (Fsp3) is 0.172. The summed E-state index contributed by atoms with van der Waals surface area (Å²) in [5.74, 6) is 0.949. The van der Waals surface area contributed by atoms with Gasteiger partial charge in [-0.1, -0.05) is 48.5 Å². The fourth-order valence-electron chi connectivity index (χ4n) is 5.06. The molecule has 1 atom stereocenters. The van der Waals surface area contributed by atoms with Gasteiger partial charge in [-0.3, -0.25) is 9.78 Å². The average Bonchev–Trinajstić information content (AvgIpc) is 2.87. The van der Waals surface area contributed by atoms with Gasteiger partial charge in [0.2, 0.25) is 0 Å². The minimum atomic E-state index is -0.111. The van der Waals surface area contributed by atoms with Crippen molar-refractivity contribution >= 4 is 22.4 Å². The van der Waals surface area contributed by atoms with Gasteiger partial charge in [0.1, 0.15) is 12.4 Å².